The van der Waals surface area contributed by atoms with Gasteiger partial charge in [0.2, 0.25) is 17.6 Å². The Bertz CT molecular complexity index is 966. The third kappa shape index (κ3) is 3.60. The average Bonchev–Trinajstić information content (AvgIpc) is 3.28. The highest BCUT2D eigenvalue weighted by Gasteiger charge is 2.35. The van der Waals surface area contributed by atoms with Crippen LogP contribution < -0.4 is 4.90 Å². The zero-order valence-electron chi connectivity index (χ0n) is 15.2. The summed E-state index contributed by atoms with van der Waals surface area (Å²) in [6, 6.07) is 15.5. The Kier molecular flexibility index (Phi) is 4.70. The Hall–Kier alpha value is -2.66. The summed E-state index contributed by atoms with van der Waals surface area (Å²) >= 11 is 6.05. The number of anilines is 1. The Balaban J connectivity index is 1.53. The summed E-state index contributed by atoms with van der Waals surface area (Å²) in [4.78, 5) is 18.7. The number of amides is 1. The van der Waals surface area contributed by atoms with Crippen molar-refractivity contribution in [2.75, 3.05) is 11.4 Å². The Morgan fingerprint density at radius 3 is 2.67 bits per heavy atom. The van der Waals surface area contributed by atoms with E-state index in [0.717, 1.165) is 11.3 Å². The zero-order chi connectivity index (χ0) is 19.0. The fourth-order valence-electron chi connectivity index (χ4n) is 3.30. The fourth-order valence-corrected chi connectivity index (χ4v) is 3.49. The third-order valence-electron chi connectivity index (χ3n) is 4.87. The van der Waals surface area contributed by atoms with Crippen molar-refractivity contribution < 1.29 is 9.32 Å². The normalized spacial score (nSPS) is 17.1. The van der Waals surface area contributed by atoms with Gasteiger partial charge in [-0.15, -0.1) is 0 Å². The van der Waals surface area contributed by atoms with E-state index in [4.69, 9.17) is 16.1 Å². The number of aromatic nitrogens is 2. The molecule has 138 valence electrons. The Morgan fingerprint density at radius 2 is 1.96 bits per heavy atom. The lowest BCUT2D eigenvalue weighted by Gasteiger charge is -2.16. The fraction of sp³-hybridized carbons (Fsp3) is 0.286. The van der Waals surface area contributed by atoms with Crippen molar-refractivity contribution in [1.82, 2.24) is 10.1 Å². The van der Waals surface area contributed by atoms with E-state index in [0.29, 0.717) is 35.6 Å². The van der Waals surface area contributed by atoms with Gasteiger partial charge in [0.1, 0.15) is 0 Å². The van der Waals surface area contributed by atoms with Gasteiger partial charge in [-0.25, -0.2) is 0 Å². The summed E-state index contributed by atoms with van der Waals surface area (Å²) in [5.74, 6) is 1.43. The van der Waals surface area contributed by atoms with Crippen LogP contribution in [-0.2, 0) is 4.79 Å². The van der Waals surface area contributed by atoms with Crippen molar-refractivity contribution in [2.45, 2.75) is 32.1 Å². The third-order valence-corrected chi connectivity index (χ3v) is 5.11. The summed E-state index contributed by atoms with van der Waals surface area (Å²) in [6.07, 6.45) is 0.348. The van der Waals surface area contributed by atoms with Gasteiger partial charge >= 0.3 is 0 Å². The number of hydrogen-bond acceptors (Lipinski definition) is 4. The van der Waals surface area contributed by atoms with Crippen LogP contribution in [0.3, 0.4) is 0 Å². The molecule has 0 saturated carbocycles. The maximum atomic E-state index is 12.4. The monoisotopic (exact) mass is 381 g/mol. The van der Waals surface area contributed by atoms with Crippen molar-refractivity contribution in [3.8, 4) is 11.4 Å². The maximum absolute atomic E-state index is 12.4. The smallest absolute Gasteiger partial charge is 0.232 e. The molecule has 1 aromatic heterocycles. The molecule has 1 atom stereocenters. The van der Waals surface area contributed by atoms with Crippen LogP contribution in [-0.4, -0.2) is 22.6 Å². The van der Waals surface area contributed by atoms with E-state index in [-0.39, 0.29) is 11.8 Å². The molecule has 27 heavy (non-hydrogen) atoms. The first-order valence-electron chi connectivity index (χ1n) is 9.01. The maximum Gasteiger partial charge on any atom is 0.232 e. The van der Waals surface area contributed by atoms with Gasteiger partial charge in [-0.1, -0.05) is 60.9 Å². The number of nitrogens with zero attached hydrogens (tertiary/aromatic N) is 3. The van der Waals surface area contributed by atoms with Gasteiger partial charge in [0.15, 0.2) is 0 Å². The summed E-state index contributed by atoms with van der Waals surface area (Å²) in [5, 5.41) is 4.71. The molecule has 3 aromatic rings. The first kappa shape index (κ1) is 17.7. The van der Waals surface area contributed by atoms with E-state index < -0.39 is 0 Å². The summed E-state index contributed by atoms with van der Waals surface area (Å²) in [7, 11) is 0. The largest absolute Gasteiger partial charge is 0.339 e. The number of benzene rings is 2. The molecular formula is C21H20ClN3O2. The highest BCUT2D eigenvalue weighted by atomic mass is 35.5. The first-order valence-corrected chi connectivity index (χ1v) is 9.39. The van der Waals surface area contributed by atoms with Crippen molar-refractivity contribution in [3.63, 3.8) is 0 Å². The minimum absolute atomic E-state index is 0.0308. The van der Waals surface area contributed by atoms with Gasteiger partial charge in [0.25, 0.3) is 0 Å². The number of rotatable bonds is 4. The Labute approximate surface area is 163 Å². The van der Waals surface area contributed by atoms with Crippen LogP contribution >= 0.6 is 11.6 Å². The summed E-state index contributed by atoms with van der Waals surface area (Å²) in [6.45, 7) is 4.82. The Morgan fingerprint density at radius 1 is 1.19 bits per heavy atom. The average molecular weight is 382 g/mol. The van der Waals surface area contributed by atoms with Gasteiger partial charge in [-0.3, -0.25) is 4.79 Å². The molecule has 0 unspecified atom stereocenters. The molecule has 6 heteroatoms. The predicted molar refractivity (Wildman–Crippen MR) is 105 cm³/mol. The van der Waals surface area contributed by atoms with Crippen LogP contribution in [0.15, 0.2) is 53.1 Å². The summed E-state index contributed by atoms with van der Waals surface area (Å²) < 4.78 is 5.47. The molecule has 4 rings (SSSR count). The van der Waals surface area contributed by atoms with E-state index in [1.165, 1.54) is 5.56 Å². The van der Waals surface area contributed by atoms with Crippen LogP contribution in [0, 0.1) is 0 Å². The van der Waals surface area contributed by atoms with Gasteiger partial charge in [-0.2, -0.15) is 4.98 Å². The van der Waals surface area contributed by atoms with Crippen molar-refractivity contribution >= 4 is 23.2 Å². The molecule has 5 nitrogen and oxygen atoms in total. The van der Waals surface area contributed by atoms with Crippen molar-refractivity contribution in [1.29, 1.82) is 0 Å². The van der Waals surface area contributed by atoms with Crippen LogP contribution in [0.2, 0.25) is 5.02 Å². The standard InChI is InChI=1S/C21H20ClN3O2/c1-13(2)14-6-8-15(9-7-14)20-23-21(27-24-20)16-10-19(26)25(12-16)18-5-3-4-17(22)11-18/h3-9,11,13,16H,10,12H2,1-2H3/t16-/m1/s1. The predicted octanol–water partition coefficient (Wildman–Crippen LogP) is 5.03. The molecule has 0 aliphatic carbocycles. The second-order valence-corrected chi connectivity index (χ2v) is 7.55. The minimum atomic E-state index is -0.118. The second kappa shape index (κ2) is 7.16. The molecular weight excluding hydrogens is 362 g/mol. The van der Waals surface area contributed by atoms with Gasteiger partial charge < -0.3 is 9.42 Å². The highest BCUT2D eigenvalue weighted by molar-refractivity contribution is 6.30. The number of hydrogen-bond donors (Lipinski definition) is 0. The molecule has 0 radical (unpaired) electrons. The van der Waals surface area contributed by atoms with E-state index in [9.17, 15) is 4.79 Å². The molecule has 0 bridgehead atoms. The molecule has 0 N–H and O–H groups in total. The van der Waals surface area contributed by atoms with Crippen molar-refractivity contribution in [2.24, 2.45) is 0 Å². The van der Waals surface area contributed by atoms with Crippen molar-refractivity contribution in [3.05, 3.63) is 65.0 Å². The zero-order valence-corrected chi connectivity index (χ0v) is 16.0. The molecule has 0 spiro atoms. The molecule has 1 saturated heterocycles. The topological polar surface area (TPSA) is 59.2 Å². The molecule has 2 aromatic carbocycles. The number of halogens is 1. The van der Waals surface area contributed by atoms with Gasteiger partial charge in [0, 0.05) is 29.2 Å². The lowest BCUT2D eigenvalue weighted by Crippen LogP contribution is -2.24. The quantitative estimate of drug-likeness (QED) is 0.635. The molecule has 1 amide bonds. The SMILES string of the molecule is CC(C)c1ccc(-c2noc([C@@H]3CC(=O)N(c4cccc(Cl)c4)C3)n2)cc1. The van der Waals surface area contributed by atoms with Gasteiger partial charge in [-0.05, 0) is 29.7 Å². The minimum Gasteiger partial charge on any atom is -0.339 e. The summed E-state index contributed by atoms with van der Waals surface area (Å²) in [5.41, 5.74) is 2.96. The van der Waals surface area contributed by atoms with E-state index in [1.807, 2.05) is 24.3 Å². The molecule has 1 fully saturated rings. The lowest BCUT2D eigenvalue weighted by atomic mass is 10.0. The van der Waals surface area contributed by atoms with Gasteiger partial charge in [0.05, 0.1) is 5.92 Å². The van der Waals surface area contributed by atoms with E-state index in [1.54, 1.807) is 17.0 Å². The van der Waals surface area contributed by atoms with E-state index in [2.05, 4.69) is 36.1 Å². The molecule has 2 heterocycles. The molecule has 1 aliphatic heterocycles. The van der Waals surface area contributed by atoms with Crippen LogP contribution in [0.1, 0.15) is 43.6 Å². The number of carbonyl (C=O) groups excluding carboxylic acids is 1. The molecule has 1 aliphatic rings. The van der Waals surface area contributed by atoms with Crippen LogP contribution in [0.25, 0.3) is 11.4 Å². The number of carbonyl (C=O) groups is 1. The first-order chi connectivity index (χ1) is 13.0. The van der Waals surface area contributed by atoms with E-state index >= 15 is 0 Å². The van der Waals surface area contributed by atoms with Crippen LogP contribution in [0.4, 0.5) is 5.69 Å². The van der Waals surface area contributed by atoms with Crippen LogP contribution in [0.5, 0.6) is 0 Å². The second-order valence-electron chi connectivity index (χ2n) is 7.12. The lowest BCUT2D eigenvalue weighted by molar-refractivity contribution is -0.117. The highest BCUT2D eigenvalue weighted by Crippen LogP contribution is 2.33.